The smallest absolute Gasteiger partial charge is 0.129 e. The highest BCUT2D eigenvalue weighted by Crippen LogP contribution is 2.46. The molecular formula is C15H17ClN2. The molecule has 3 rings (SSSR count). The van der Waals surface area contributed by atoms with Gasteiger partial charge in [0.2, 0.25) is 0 Å². The van der Waals surface area contributed by atoms with Crippen LogP contribution in [0.4, 0.5) is 5.82 Å². The Hall–Kier alpha value is -1.28. The maximum absolute atomic E-state index is 6.00. The molecule has 1 aliphatic rings. The van der Waals surface area contributed by atoms with E-state index in [9.17, 15) is 0 Å². The summed E-state index contributed by atoms with van der Waals surface area (Å²) >= 11 is 6.00. The largest absolute Gasteiger partial charge is 0.369 e. The van der Waals surface area contributed by atoms with Crippen molar-refractivity contribution in [2.45, 2.75) is 19.8 Å². The Balaban J connectivity index is 1.85. The van der Waals surface area contributed by atoms with Crippen LogP contribution in [0.2, 0.25) is 0 Å². The topological polar surface area (TPSA) is 24.9 Å². The molecule has 94 valence electrons. The van der Waals surface area contributed by atoms with Crippen molar-refractivity contribution in [3.8, 4) is 0 Å². The van der Waals surface area contributed by atoms with Crippen molar-refractivity contribution in [3.63, 3.8) is 0 Å². The molecule has 1 N–H and O–H groups in total. The third kappa shape index (κ3) is 2.17. The molecule has 18 heavy (non-hydrogen) atoms. The van der Waals surface area contributed by atoms with Gasteiger partial charge in [0.05, 0.1) is 5.52 Å². The molecule has 0 amide bonds. The fourth-order valence-electron chi connectivity index (χ4n) is 2.21. The molecule has 2 nitrogen and oxygen atoms in total. The lowest BCUT2D eigenvalue weighted by Crippen LogP contribution is -2.18. The Kier molecular flexibility index (Phi) is 2.90. The molecule has 0 spiro atoms. The van der Waals surface area contributed by atoms with E-state index in [-0.39, 0.29) is 0 Å². The molecule has 0 unspecified atom stereocenters. The number of pyridine rings is 1. The van der Waals surface area contributed by atoms with E-state index in [4.69, 9.17) is 11.6 Å². The van der Waals surface area contributed by atoms with Gasteiger partial charge in [0, 0.05) is 23.2 Å². The van der Waals surface area contributed by atoms with Gasteiger partial charge in [0.1, 0.15) is 5.82 Å². The van der Waals surface area contributed by atoms with E-state index in [1.54, 1.807) is 0 Å². The highest BCUT2D eigenvalue weighted by atomic mass is 35.5. The van der Waals surface area contributed by atoms with E-state index in [1.165, 1.54) is 23.8 Å². The Bertz CT molecular complexity index is 576. The van der Waals surface area contributed by atoms with Crippen LogP contribution in [-0.4, -0.2) is 17.4 Å². The molecule has 0 saturated heterocycles. The first-order valence-corrected chi connectivity index (χ1v) is 6.92. The molecule has 3 heteroatoms. The van der Waals surface area contributed by atoms with E-state index in [2.05, 4.69) is 29.4 Å². The summed E-state index contributed by atoms with van der Waals surface area (Å²) in [5.74, 6) is 1.73. The van der Waals surface area contributed by atoms with Gasteiger partial charge in [-0.3, -0.25) is 0 Å². The Morgan fingerprint density at radius 3 is 2.83 bits per heavy atom. The number of rotatable bonds is 4. The summed E-state index contributed by atoms with van der Waals surface area (Å²) in [6.07, 6.45) is 2.46. The van der Waals surface area contributed by atoms with Crippen LogP contribution >= 0.6 is 11.6 Å². The minimum Gasteiger partial charge on any atom is -0.369 e. The number of hydrogen-bond donors (Lipinski definition) is 1. The summed E-state index contributed by atoms with van der Waals surface area (Å²) in [6, 6.07) is 10.4. The summed E-state index contributed by atoms with van der Waals surface area (Å²) in [5.41, 5.74) is 2.56. The number of halogens is 1. The molecular weight excluding hydrogens is 244 g/mol. The average molecular weight is 261 g/mol. The molecule has 1 fully saturated rings. The lowest BCUT2D eigenvalue weighted by molar-refractivity contribution is 0.617. The van der Waals surface area contributed by atoms with E-state index in [1.807, 2.05) is 18.2 Å². The van der Waals surface area contributed by atoms with Crippen LogP contribution in [0.25, 0.3) is 10.9 Å². The van der Waals surface area contributed by atoms with Gasteiger partial charge in [-0.1, -0.05) is 18.2 Å². The SMILES string of the molecule is Cc1cc2ccccc2nc1NCC1(CCl)CC1. The van der Waals surface area contributed by atoms with Crippen LogP contribution < -0.4 is 5.32 Å². The molecule has 2 aromatic rings. The van der Waals surface area contributed by atoms with Crippen LogP contribution in [0.5, 0.6) is 0 Å². The Morgan fingerprint density at radius 1 is 1.33 bits per heavy atom. The standard InChI is InChI=1S/C15H17ClN2/c1-11-8-12-4-2-3-5-13(12)18-14(11)17-10-15(9-16)6-7-15/h2-5,8H,6-7,9-10H2,1H3,(H,17,18). The summed E-state index contributed by atoms with van der Waals surface area (Å²) in [4.78, 5) is 4.69. The van der Waals surface area contributed by atoms with Crippen LogP contribution in [0.3, 0.4) is 0 Å². The van der Waals surface area contributed by atoms with Gasteiger partial charge in [-0.25, -0.2) is 4.98 Å². The van der Waals surface area contributed by atoms with Gasteiger partial charge in [0.15, 0.2) is 0 Å². The predicted octanol–water partition coefficient (Wildman–Crippen LogP) is 3.97. The molecule has 1 heterocycles. The lowest BCUT2D eigenvalue weighted by atomic mass is 10.1. The fourth-order valence-corrected chi connectivity index (χ4v) is 2.57. The lowest BCUT2D eigenvalue weighted by Gasteiger charge is -2.15. The third-order valence-corrected chi connectivity index (χ3v) is 4.35. The Labute approximate surface area is 112 Å². The molecule has 0 radical (unpaired) electrons. The highest BCUT2D eigenvalue weighted by molar-refractivity contribution is 6.18. The third-order valence-electron chi connectivity index (χ3n) is 3.79. The number of nitrogens with one attached hydrogen (secondary N) is 1. The van der Waals surface area contributed by atoms with Crippen molar-refractivity contribution in [1.29, 1.82) is 0 Å². The van der Waals surface area contributed by atoms with Gasteiger partial charge < -0.3 is 5.32 Å². The zero-order chi connectivity index (χ0) is 12.6. The number of fused-ring (bicyclic) bond motifs is 1. The first-order valence-electron chi connectivity index (χ1n) is 6.39. The van der Waals surface area contributed by atoms with E-state index < -0.39 is 0 Å². The number of aryl methyl sites for hydroxylation is 1. The second-order valence-corrected chi connectivity index (χ2v) is 5.60. The molecule has 1 aromatic carbocycles. The van der Waals surface area contributed by atoms with Crippen LogP contribution in [0.1, 0.15) is 18.4 Å². The number of hydrogen-bond acceptors (Lipinski definition) is 2. The molecule has 0 atom stereocenters. The van der Waals surface area contributed by atoms with Crippen molar-refractivity contribution in [1.82, 2.24) is 4.98 Å². The number of nitrogens with zero attached hydrogens (tertiary/aromatic N) is 1. The van der Waals surface area contributed by atoms with Gasteiger partial charge in [0.25, 0.3) is 0 Å². The molecule has 0 aliphatic heterocycles. The highest BCUT2D eigenvalue weighted by Gasteiger charge is 2.41. The minimum atomic E-state index is 0.321. The van der Waals surface area contributed by atoms with E-state index >= 15 is 0 Å². The van der Waals surface area contributed by atoms with Crippen molar-refractivity contribution >= 4 is 28.3 Å². The summed E-state index contributed by atoms with van der Waals surface area (Å²) in [5, 5.41) is 4.66. The molecule has 1 aliphatic carbocycles. The number of para-hydroxylation sites is 1. The quantitative estimate of drug-likeness (QED) is 0.842. The van der Waals surface area contributed by atoms with Gasteiger partial charge in [-0.2, -0.15) is 0 Å². The maximum Gasteiger partial charge on any atom is 0.129 e. The minimum absolute atomic E-state index is 0.321. The average Bonchev–Trinajstić information content (AvgIpc) is 3.17. The first kappa shape index (κ1) is 11.8. The summed E-state index contributed by atoms with van der Waals surface area (Å²) < 4.78 is 0. The van der Waals surface area contributed by atoms with Crippen LogP contribution in [0, 0.1) is 12.3 Å². The fraction of sp³-hybridized carbons (Fsp3) is 0.400. The number of alkyl halides is 1. The first-order chi connectivity index (χ1) is 8.72. The zero-order valence-electron chi connectivity index (χ0n) is 10.5. The van der Waals surface area contributed by atoms with Crippen LogP contribution in [-0.2, 0) is 0 Å². The predicted molar refractivity (Wildman–Crippen MR) is 77.4 cm³/mol. The normalized spacial score (nSPS) is 16.8. The summed E-state index contributed by atoms with van der Waals surface area (Å²) in [6.45, 7) is 3.03. The van der Waals surface area contributed by atoms with Gasteiger partial charge >= 0.3 is 0 Å². The van der Waals surface area contributed by atoms with Gasteiger partial charge in [-0.15, -0.1) is 11.6 Å². The number of benzene rings is 1. The van der Waals surface area contributed by atoms with Crippen molar-refractivity contribution in [2.24, 2.45) is 5.41 Å². The summed E-state index contributed by atoms with van der Waals surface area (Å²) in [7, 11) is 0. The second-order valence-electron chi connectivity index (χ2n) is 5.33. The maximum atomic E-state index is 6.00. The molecule has 0 bridgehead atoms. The van der Waals surface area contributed by atoms with E-state index in [0.717, 1.165) is 23.8 Å². The van der Waals surface area contributed by atoms with Crippen LogP contribution in [0.15, 0.2) is 30.3 Å². The van der Waals surface area contributed by atoms with E-state index in [0.29, 0.717) is 5.41 Å². The van der Waals surface area contributed by atoms with Gasteiger partial charge in [-0.05, 0) is 37.5 Å². The number of anilines is 1. The zero-order valence-corrected chi connectivity index (χ0v) is 11.3. The number of aromatic nitrogens is 1. The molecule has 1 aromatic heterocycles. The monoisotopic (exact) mass is 260 g/mol. The van der Waals surface area contributed by atoms with Crippen molar-refractivity contribution in [2.75, 3.05) is 17.7 Å². The Morgan fingerprint density at radius 2 is 2.11 bits per heavy atom. The second kappa shape index (κ2) is 4.43. The van der Waals surface area contributed by atoms with Crippen molar-refractivity contribution < 1.29 is 0 Å². The van der Waals surface area contributed by atoms with Crippen molar-refractivity contribution in [3.05, 3.63) is 35.9 Å². The molecule has 1 saturated carbocycles.